The van der Waals surface area contributed by atoms with Crippen LogP contribution in [0.1, 0.15) is 39.0 Å². The molecule has 1 aromatic rings. The number of carbonyl (C=O) groups excluding carboxylic acids is 1. The van der Waals surface area contributed by atoms with Gasteiger partial charge in [-0.15, -0.1) is 0 Å². The zero-order chi connectivity index (χ0) is 12.8. The molecule has 1 aliphatic rings. The van der Waals surface area contributed by atoms with Gasteiger partial charge in [-0.3, -0.25) is 4.79 Å². The molecule has 3 heteroatoms. The van der Waals surface area contributed by atoms with Crippen LogP contribution in [0.3, 0.4) is 0 Å². The predicted octanol–water partition coefficient (Wildman–Crippen LogP) is 3.60. The molecular weight excluding hydrogens is 226 g/mol. The van der Waals surface area contributed by atoms with E-state index in [0.29, 0.717) is 5.75 Å². The van der Waals surface area contributed by atoms with Crippen molar-refractivity contribution in [2.45, 2.75) is 39.0 Å². The number of ether oxygens (including phenoxy) is 1. The zero-order valence-corrected chi connectivity index (χ0v) is 10.9. The highest BCUT2D eigenvalue weighted by Gasteiger charge is 2.26. The third-order valence-corrected chi connectivity index (χ3v) is 3.37. The van der Waals surface area contributed by atoms with Crippen LogP contribution in [0.25, 0.3) is 0 Å². The van der Waals surface area contributed by atoms with E-state index in [-0.39, 0.29) is 11.9 Å². The van der Waals surface area contributed by atoms with Gasteiger partial charge in [0.2, 0.25) is 0 Å². The van der Waals surface area contributed by atoms with Crippen molar-refractivity contribution in [3.8, 4) is 5.75 Å². The van der Waals surface area contributed by atoms with Gasteiger partial charge in [0.1, 0.15) is 5.75 Å². The highest BCUT2D eigenvalue weighted by atomic mass is 16.5. The Labute approximate surface area is 109 Å². The summed E-state index contributed by atoms with van der Waals surface area (Å²) >= 11 is 0. The number of benzene rings is 1. The minimum Gasteiger partial charge on any atom is -0.426 e. The molecule has 18 heavy (non-hydrogen) atoms. The van der Waals surface area contributed by atoms with Crippen LogP contribution < -0.4 is 10.1 Å². The van der Waals surface area contributed by atoms with Crippen molar-refractivity contribution in [2.75, 3.05) is 11.9 Å². The van der Waals surface area contributed by atoms with Crippen LogP contribution in [-0.4, -0.2) is 12.5 Å². The lowest BCUT2D eigenvalue weighted by atomic mass is 9.86. The molecule has 3 nitrogen and oxygen atoms in total. The molecule has 0 aromatic heterocycles. The average Bonchev–Trinajstić information content (AvgIpc) is 2.29. The molecule has 0 saturated heterocycles. The molecule has 1 fully saturated rings. The lowest BCUT2D eigenvalue weighted by Gasteiger charge is -2.22. The first-order valence-electron chi connectivity index (χ1n) is 6.85. The van der Waals surface area contributed by atoms with Gasteiger partial charge in [-0.25, -0.2) is 0 Å². The molecule has 1 aromatic carbocycles. The maximum atomic E-state index is 11.7. The Morgan fingerprint density at radius 2 is 2.06 bits per heavy atom. The van der Waals surface area contributed by atoms with E-state index in [2.05, 4.69) is 12.2 Å². The lowest BCUT2D eigenvalue weighted by molar-refractivity contribution is -0.141. The molecule has 0 amide bonds. The van der Waals surface area contributed by atoms with E-state index in [0.717, 1.165) is 31.5 Å². The molecule has 1 N–H and O–H groups in total. The van der Waals surface area contributed by atoms with Gasteiger partial charge in [-0.1, -0.05) is 19.8 Å². The summed E-state index contributed by atoms with van der Waals surface area (Å²) in [7, 11) is 0. The lowest BCUT2D eigenvalue weighted by Crippen LogP contribution is -2.26. The fourth-order valence-electron chi connectivity index (χ4n) is 1.89. The molecule has 2 rings (SSSR count). The van der Waals surface area contributed by atoms with Crippen molar-refractivity contribution in [2.24, 2.45) is 5.92 Å². The molecule has 1 aliphatic carbocycles. The van der Waals surface area contributed by atoms with Gasteiger partial charge in [0.15, 0.2) is 0 Å². The second kappa shape index (κ2) is 6.43. The van der Waals surface area contributed by atoms with Crippen LogP contribution in [0.4, 0.5) is 5.69 Å². The Morgan fingerprint density at radius 1 is 1.33 bits per heavy atom. The van der Waals surface area contributed by atoms with Crippen LogP contribution in [0.15, 0.2) is 24.3 Å². The monoisotopic (exact) mass is 247 g/mol. The van der Waals surface area contributed by atoms with Gasteiger partial charge in [0, 0.05) is 12.2 Å². The van der Waals surface area contributed by atoms with Gasteiger partial charge in [-0.05, 0) is 43.5 Å². The maximum absolute atomic E-state index is 11.7. The van der Waals surface area contributed by atoms with Gasteiger partial charge in [0.25, 0.3) is 0 Å². The molecule has 0 bridgehead atoms. The van der Waals surface area contributed by atoms with Gasteiger partial charge < -0.3 is 10.1 Å². The first-order valence-corrected chi connectivity index (χ1v) is 6.85. The number of unbranched alkanes of at least 4 members (excludes halogenated alkanes) is 1. The van der Waals surface area contributed by atoms with E-state index in [1.54, 1.807) is 0 Å². The van der Waals surface area contributed by atoms with Crippen LogP contribution in [0, 0.1) is 5.92 Å². The van der Waals surface area contributed by atoms with Crippen molar-refractivity contribution in [3.63, 3.8) is 0 Å². The number of nitrogens with one attached hydrogen (secondary N) is 1. The first-order chi connectivity index (χ1) is 8.79. The van der Waals surface area contributed by atoms with E-state index < -0.39 is 0 Å². The molecule has 0 unspecified atom stereocenters. The number of hydrogen-bond donors (Lipinski definition) is 1. The van der Waals surface area contributed by atoms with Gasteiger partial charge in [0.05, 0.1) is 5.92 Å². The average molecular weight is 247 g/mol. The van der Waals surface area contributed by atoms with E-state index in [1.165, 1.54) is 12.8 Å². The smallest absolute Gasteiger partial charge is 0.314 e. The Kier molecular flexibility index (Phi) is 4.62. The van der Waals surface area contributed by atoms with Crippen LogP contribution in [-0.2, 0) is 4.79 Å². The second-order valence-electron chi connectivity index (χ2n) is 4.85. The normalized spacial score (nSPS) is 14.9. The molecule has 98 valence electrons. The largest absolute Gasteiger partial charge is 0.426 e. The standard InChI is InChI=1S/C15H21NO2/c1-2-3-11-16-13-7-9-14(10-8-13)18-15(17)12-5-4-6-12/h7-10,12,16H,2-6,11H2,1H3. The molecule has 0 heterocycles. The van der Waals surface area contributed by atoms with Crippen molar-refractivity contribution in [1.82, 2.24) is 0 Å². The number of rotatable bonds is 6. The van der Waals surface area contributed by atoms with Crippen molar-refractivity contribution < 1.29 is 9.53 Å². The summed E-state index contributed by atoms with van der Waals surface area (Å²) in [5.41, 5.74) is 1.08. The van der Waals surface area contributed by atoms with Gasteiger partial charge in [-0.2, -0.15) is 0 Å². The highest BCUT2D eigenvalue weighted by Crippen LogP contribution is 2.28. The van der Waals surface area contributed by atoms with E-state index in [4.69, 9.17) is 4.74 Å². The molecule has 1 saturated carbocycles. The Bertz CT molecular complexity index is 382. The fourth-order valence-corrected chi connectivity index (χ4v) is 1.89. The second-order valence-corrected chi connectivity index (χ2v) is 4.85. The quantitative estimate of drug-likeness (QED) is 0.474. The maximum Gasteiger partial charge on any atom is 0.314 e. The van der Waals surface area contributed by atoms with Gasteiger partial charge >= 0.3 is 5.97 Å². The molecule has 0 aliphatic heterocycles. The third kappa shape index (κ3) is 3.49. The minimum atomic E-state index is -0.0760. The SMILES string of the molecule is CCCCNc1ccc(OC(=O)C2CCC2)cc1. The number of anilines is 1. The molecule has 0 radical (unpaired) electrons. The number of hydrogen-bond acceptors (Lipinski definition) is 3. The fraction of sp³-hybridized carbons (Fsp3) is 0.533. The Hall–Kier alpha value is -1.51. The summed E-state index contributed by atoms with van der Waals surface area (Å²) in [5, 5.41) is 3.33. The molecule has 0 spiro atoms. The van der Waals surface area contributed by atoms with Crippen LogP contribution in [0.2, 0.25) is 0 Å². The zero-order valence-electron chi connectivity index (χ0n) is 10.9. The topological polar surface area (TPSA) is 38.3 Å². The summed E-state index contributed by atoms with van der Waals surface area (Å²) in [6.45, 7) is 3.16. The van der Waals surface area contributed by atoms with Crippen molar-refractivity contribution in [3.05, 3.63) is 24.3 Å². The van der Waals surface area contributed by atoms with E-state index in [9.17, 15) is 4.79 Å². The molecular formula is C15H21NO2. The minimum absolute atomic E-state index is 0.0760. The summed E-state index contributed by atoms with van der Waals surface area (Å²) in [4.78, 5) is 11.7. The molecule has 0 atom stereocenters. The van der Waals surface area contributed by atoms with Crippen molar-refractivity contribution in [1.29, 1.82) is 0 Å². The van der Waals surface area contributed by atoms with Crippen LogP contribution >= 0.6 is 0 Å². The summed E-state index contributed by atoms with van der Waals surface area (Å²) < 4.78 is 5.33. The van der Waals surface area contributed by atoms with Crippen molar-refractivity contribution >= 4 is 11.7 Å². The third-order valence-electron chi connectivity index (χ3n) is 3.37. The number of esters is 1. The summed E-state index contributed by atoms with van der Waals surface area (Å²) in [6.07, 6.45) is 5.47. The summed E-state index contributed by atoms with van der Waals surface area (Å²) in [6, 6.07) is 7.62. The van der Waals surface area contributed by atoms with Crippen LogP contribution in [0.5, 0.6) is 5.75 Å². The number of carbonyl (C=O) groups is 1. The van der Waals surface area contributed by atoms with E-state index in [1.807, 2.05) is 24.3 Å². The summed E-state index contributed by atoms with van der Waals surface area (Å²) in [5.74, 6) is 0.702. The van der Waals surface area contributed by atoms with E-state index >= 15 is 0 Å². The Balaban J connectivity index is 1.81. The predicted molar refractivity (Wildman–Crippen MR) is 72.8 cm³/mol. The first kappa shape index (κ1) is 12.9. The highest BCUT2D eigenvalue weighted by molar-refractivity contribution is 5.76. The Morgan fingerprint density at radius 3 is 2.61 bits per heavy atom.